The molecule has 1 saturated heterocycles. The molecule has 3 aromatic rings. The molecule has 0 bridgehead atoms. The number of aryl methyl sites for hydroxylation is 1. The smallest absolute Gasteiger partial charge is 0.259 e. The molecule has 0 aliphatic carbocycles. The zero-order chi connectivity index (χ0) is 22.3. The Morgan fingerprint density at radius 1 is 1.10 bits per heavy atom. The van der Waals surface area contributed by atoms with Gasteiger partial charge in [0.2, 0.25) is 11.3 Å². The summed E-state index contributed by atoms with van der Waals surface area (Å²) in [4.78, 5) is 26.8. The van der Waals surface area contributed by atoms with Crippen LogP contribution in [-0.2, 0) is 25.8 Å². The van der Waals surface area contributed by atoms with Crippen LogP contribution in [0.25, 0.3) is 22.2 Å². The van der Waals surface area contributed by atoms with E-state index < -0.39 is 50.4 Å². The number of fused-ring (bicyclic) bond motifs is 1. The highest BCUT2D eigenvalue weighted by atomic mass is 32.2. The van der Waals surface area contributed by atoms with Crippen LogP contribution in [0.1, 0.15) is 12.0 Å². The topological polar surface area (TPSA) is 108 Å². The highest BCUT2D eigenvalue weighted by Crippen LogP contribution is 2.33. The number of carbonyl (C=O) groups is 2. The molecule has 31 heavy (non-hydrogen) atoms. The molecule has 11 heteroatoms. The van der Waals surface area contributed by atoms with Crippen LogP contribution in [0.15, 0.2) is 36.4 Å². The van der Waals surface area contributed by atoms with Gasteiger partial charge < -0.3 is 15.6 Å². The van der Waals surface area contributed by atoms with Crippen LogP contribution in [0.3, 0.4) is 0 Å². The Balaban J connectivity index is 1.66. The van der Waals surface area contributed by atoms with Gasteiger partial charge in [0.1, 0.15) is 23.3 Å². The maximum absolute atomic E-state index is 14.3. The van der Waals surface area contributed by atoms with Crippen LogP contribution in [0, 0.1) is 17.5 Å². The van der Waals surface area contributed by atoms with Crippen molar-refractivity contribution in [2.75, 3.05) is 5.88 Å². The van der Waals surface area contributed by atoms with Gasteiger partial charge in [0.25, 0.3) is 5.91 Å². The second-order valence-corrected chi connectivity index (χ2v) is 9.18. The number of sulfone groups is 1. The van der Waals surface area contributed by atoms with Crippen molar-refractivity contribution in [3.05, 3.63) is 59.4 Å². The monoisotopic (exact) mass is 451 g/mol. The molecule has 1 aromatic heterocycles. The second kappa shape index (κ2) is 7.73. The largest absolute Gasteiger partial charge is 0.352 e. The maximum Gasteiger partial charge on any atom is 0.259 e. The Bertz CT molecular complexity index is 1300. The number of H-pyrrole nitrogens is 1. The zero-order valence-corrected chi connectivity index (χ0v) is 16.7. The van der Waals surface area contributed by atoms with Crippen LogP contribution >= 0.6 is 0 Å². The third kappa shape index (κ3) is 4.00. The van der Waals surface area contributed by atoms with E-state index >= 15 is 0 Å². The molecule has 0 saturated carbocycles. The fourth-order valence-corrected chi connectivity index (χ4v) is 4.75. The Labute approximate surface area is 174 Å². The van der Waals surface area contributed by atoms with Crippen molar-refractivity contribution in [3.8, 4) is 11.3 Å². The van der Waals surface area contributed by atoms with Gasteiger partial charge in [0.05, 0.1) is 5.52 Å². The minimum absolute atomic E-state index is 0.0180. The van der Waals surface area contributed by atoms with E-state index in [1.165, 1.54) is 24.3 Å². The highest BCUT2D eigenvalue weighted by molar-refractivity contribution is 7.93. The van der Waals surface area contributed by atoms with Gasteiger partial charge in [-0.25, -0.2) is 21.6 Å². The summed E-state index contributed by atoms with van der Waals surface area (Å²) in [7, 11) is -3.84. The first-order valence-corrected chi connectivity index (χ1v) is 10.9. The van der Waals surface area contributed by atoms with E-state index in [0.717, 1.165) is 6.07 Å². The van der Waals surface area contributed by atoms with E-state index in [9.17, 15) is 31.2 Å². The molecule has 1 atom stereocenters. The van der Waals surface area contributed by atoms with Gasteiger partial charge in [0.15, 0.2) is 9.84 Å². The first-order valence-electron chi connectivity index (χ1n) is 9.20. The van der Waals surface area contributed by atoms with Gasteiger partial charge in [0, 0.05) is 23.6 Å². The molecule has 7 nitrogen and oxygen atoms in total. The standard InChI is InChI=1S/C20H16F3N3O4S/c21-11-3-1-10(2-4-11)17-13(14-7-12(22)8-15(23)18(14)26-17)5-6-16(27)25-20-19(28)24-9-31(20,29)30/h1-4,7-8,20,26H,5-6,9H2,(H,24,28)(H,25,27)/t20-/m0/s1. The average Bonchev–Trinajstić information content (AvgIpc) is 3.19. The highest BCUT2D eigenvalue weighted by Gasteiger charge is 2.40. The lowest BCUT2D eigenvalue weighted by atomic mass is 10.0. The zero-order valence-electron chi connectivity index (χ0n) is 15.8. The summed E-state index contributed by atoms with van der Waals surface area (Å²) in [6.45, 7) is 0. The van der Waals surface area contributed by atoms with Crippen molar-refractivity contribution in [1.82, 2.24) is 15.6 Å². The molecule has 1 aliphatic rings. The lowest BCUT2D eigenvalue weighted by Gasteiger charge is -2.10. The first kappa shape index (κ1) is 20.9. The van der Waals surface area contributed by atoms with Crippen LogP contribution in [0.2, 0.25) is 0 Å². The second-order valence-electron chi connectivity index (χ2n) is 7.09. The van der Waals surface area contributed by atoms with Gasteiger partial charge in [-0.05, 0) is 47.9 Å². The number of carbonyl (C=O) groups excluding carboxylic acids is 2. The van der Waals surface area contributed by atoms with Gasteiger partial charge >= 0.3 is 0 Å². The van der Waals surface area contributed by atoms with Gasteiger partial charge in [-0.1, -0.05) is 0 Å². The predicted molar refractivity (Wildman–Crippen MR) is 106 cm³/mol. The van der Waals surface area contributed by atoms with E-state index in [-0.39, 0.29) is 23.7 Å². The summed E-state index contributed by atoms with van der Waals surface area (Å²) in [5, 5.41) is 2.85. The van der Waals surface area contributed by atoms with Gasteiger partial charge in [-0.15, -0.1) is 0 Å². The number of nitrogens with one attached hydrogen (secondary N) is 3. The summed E-state index contributed by atoms with van der Waals surface area (Å²) >= 11 is 0. The minimum Gasteiger partial charge on any atom is -0.352 e. The summed E-state index contributed by atoms with van der Waals surface area (Å²) < 4.78 is 65.1. The summed E-state index contributed by atoms with van der Waals surface area (Å²) in [5.74, 6) is -4.23. The fourth-order valence-electron chi connectivity index (χ4n) is 3.52. The number of benzene rings is 2. The number of aromatic amines is 1. The molecule has 0 spiro atoms. The number of rotatable bonds is 5. The third-order valence-corrected chi connectivity index (χ3v) is 6.60. The molecule has 1 fully saturated rings. The molecule has 1 aliphatic heterocycles. The fraction of sp³-hybridized carbons (Fsp3) is 0.200. The molecular formula is C20H16F3N3O4S. The first-order chi connectivity index (χ1) is 14.7. The molecule has 2 heterocycles. The summed E-state index contributed by atoms with van der Waals surface area (Å²) in [6.07, 6.45) is -0.269. The van der Waals surface area contributed by atoms with E-state index in [4.69, 9.17) is 0 Å². The Morgan fingerprint density at radius 3 is 2.45 bits per heavy atom. The average molecular weight is 451 g/mol. The van der Waals surface area contributed by atoms with E-state index in [0.29, 0.717) is 22.9 Å². The molecule has 0 unspecified atom stereocenters. The Kier molecular flexibility index (Phi) is 5.21. The summed E-state index contributed by atoms with van der Waals surface area (Å²) in [6, 6.07) is 7.15. The number of hydrogen-bond acceptors (Lipinski definition) is 4. The third-order valence-electron chi connectivity index (χ3n) is 5.00. The van der Waals surface area contributed by atoms with E-state index in [1.54, 1.807) is 0 Å². The number of halogens is 3. The Hall–Kier alpha value is -3.34. The minimum atomic E-state index is -3.84. The van der Waals surface area contributed by atoms with Gasteiger partial charge in [-0.2, -0.15) is 0 Å². The van der Waals surface area contributed by atoms with Crippen molar-refractivity contribution < 1.29 is 31.2 Å². The van der Waals surface area contributed by atoms with Crippen molar-refractivity contribution in [2.24, 2.45) is 0 Å². The quantitative estimate of drug-likeness (QED) is 0.552. The maximum atomic E-state index is 14.3. The number of amides is 2. The Morgan fingerprint density at radius 2 is 1.81 bits per heavy atom. The molecule has 4 rings (SSSR count). The molecule has 162 valence electrons. The van der Waals surface area contributed by atoms with Crippen LogP contribution < -0.4 is 10.6 Å². The van der Waals surface area contributed by atoms with E-state index in [1.807, 2.05) is 0 Å². The van der Waals surface area contributed by atoms with Crippen molar-refractivity contribution in [3.63, 3.8) is 0 Å². The van der Waals surface area contributed by atoms with Crippen LogP contribution in [-0.4, -0.2) is 36.5 Å². The normalized spacial score (nSPS) is 17.6. The van der Waals surface area contributed by atoms with Crippen molar-refractivity contribution >= 4 is 32.6 Å². The molecule has 2 aromatic carbocycles. The lowest BCUT2D eigenvalue weighted by Crippen LogP contribution is -2.43. The van der Waals surface area contributed by atoms with Crippen LogP contribution in [0.5, 0.6) is 0 Å². The SMILES string of the molecule is O=C(CCc1c(-c2ccc(F)cc2)[nH]c2c(F)cc(F)cc12)N[C@@H]1C(=O)NCS1(=O)=O. The molecule has 2 amide bonds. The number of hydrogen-bond donors (Lipinski definition) is 3. The molecular weight excluding hydrogens is 435 g/mol. The van der Waals surface area contributed by atoms with Crippen LogP contribution in [0.4, 0.5) is 13.2 Å². The number of aromatic nitrogens is 1. The summed E-state index contributed by atoms with van der Waals surface area (Å²) in [5.41, 5.74) is 1.28. The van der Waals surface area contributed by atoms with Crippen molar-refractivity contribution in [1.29, 1.82) is 0 Å². The van der Waals surface area contributed by atoms with E-state index in [2.05, 4.69) is 15.6 Å². The van der Waals surface area contributed by atoms with Crippen molar-refractivity contribution in [2.45, 2.75) is 18.2 Å². The van der Waals surface area contributed by atoms with Gasteiger partial charge in [-0.3, -0.25) is 9.59 Å². The lowest BCUT2D eigenvalue weighted by molar-refractivity contribution is -0.126. The predicted octanol–water partition coefficient (Wildman–Crippen LogP) is 2.13. The molecule has 0 radical (unpaired) electrons. The molecule has 3 N–H and O–H groups in total.